The third-order valence-corrected chi connectivity index (χ3v) is 9.70. The third kappa shape index (κ3) is 5.22. The van der Waals surface area contributed by atoms with E-state index in [1.54, 1.807) is 0 Å². The maximum atomic E-state index is 6.52. The van der Waals surface area contributed by atoms with Gasteiger partial charge in [-0.3, -0.25) is 0 Å². The molecule has 0 spiro atoms. The highest BCUT2D eigenvalue weighted by Gasteiger charge is 2.20. The van der Waals surface area contributed by atoms with Crippen molar-refractivity contribution in [2.45, 2.75) is 0 Å². The van der Waals surface area contributed by atoms with E-state index in [-0.39, 0.29) is 0 Å². The van der Waals surface area contributed by atoms with Crippen molar-refractivity contribution in [2.75, 3.05) is 0 Å². The highest BCUT2D eigenvalue weighted by atomic mass is 16.3. The van der Waals surface area contributed by atoms with Gasteiger partial charge in [0.15, 0.2) is 17.5 Å². The van der Waals surface area contributed by atoms with Gasteiger partial charge in [-0.05, 0) is 74.1 Å². The van der Waals surface area contributed by atoms with Crippen molar-refractivity contribution >= 4 is 43.5 Å². The van der Waals surface area contributed by atoms with Crippen LogP contribution in [0, 0.1) is 0 Å². The first kappa shape index (κ1) is 29.0. The Bertz CT molecular complexity index is 2810. The fraction of sp³-hybridized carbons (Fsp3) is 0. The van der Waals surface area contributed by atoms with Gasteiger partial charge in [0.1, 0.15) is 11.2 Å². The SMILES string of the molecule is c1ccc(-c2ccc(-c3cc(-c4nc(-c5ccc6ccccc6c5)nc(-c5ccc6ccccc6c5)n4)c4c(c3)oc3ccccc34)cc2)cc1. The van der Waals surface area contributed by atoms with Crippen molar-refractivity contribution in [3.05, 3.63) is 176 Å². The Hall–Kier alpha value is -6.91. The maximum Gasteiger partial charge on any atom is 0.164 e. The summed E-state index contributed by atoms with van der Waals surface area (Å²) in [4.78, 5) is 15.6. The van der Waals surface area contributed by atoms with Crippen molar-refractivity contribution in [1.29, 1.82) is 0 Å². The molecule has 0 saturated carbocycles. The minimum absolute atomic E-state index is 0.593. The molecule has 10 aromatic rings. The molecule has 4 nitrogen and oxygen atoms in total. The van der Waals surface area contributed by atoms with Gasteiger partial charge < -0.3 is 4.42 Å². The lowest BCUT2D eigenvalue weighted by Gasteiger charge is -2.12. The molecule has 0 radical (unpaired) electrons. The quantitative estimate of drug-likeness (QED) is 0.186. The average Bonchev–Trinajstić information content (AvgIpc) is 3.59. The Morgan fingerprint density at radius 3 is 1.45 bits per heavy atom. The summed E-state index contributed by atoms with van der Waals surface area (Å²) in [5.41, 5.74) is 8.83. The van der Waals surface area contributed by atoms with E-state index >= 15 is 0 Å². The molecule has 0 fully saturated rings. The number of hydrogen-bond donors (Lipinski definition) is 0. The van der Waals surface area contributed by atoms with Crippen LogP contribution in [0.1, 0.15) is 0 Å². The van der Waals surface area contributed by atoms with Crippen LogP contribution in [0.3, 0.4) is 0 Å². The van der Waals surface area contributed by atoms with E-state index in [4.69, 9.17) is 19.4 Å². The molecule has 0 bridgehead atoms. The molecule has 8 aromatic carbocycles. The van der Waals surface area contributed by atoms with E-state index < -0.39 is 0 Å². The van der Waals surface area contributed by atoms with Crippen LogP contribution in [-0.4, -0.2) is 15.0 Å². The van der Waals surface area contributed by atoms with Gasteiger partial charge in [0, 0.05) is 27.5 Å². The average molecular weight is 652 g/mol. The highest BCUT2D eigenvalue weighted by Crippen LogP contribution is 2.40. The van der Waals surface area contributed by atoms with Crippen molar-refractivity contribution in [1.82, 2.24) is 15.0 Å². The molecule has 0 aliphatic heterocycles. The van der Waals surface area contributed by atoms with Crippen LogP contribution in [0.25, 0.3) is 99.9 Å². The Labute approximate surface area is 294 Å². The minimum atomic E-state index is 0.593. The summed E-state index contributed by atoms with van der Waals surface area (Å²) in [6.07, 6.45) is 0. The predicted molar refractivity (Wildman–Crippen MR) is 209 cm³/mol. The summed E-state index contributed by atoms with van der Waals surface area (Å²) >= 11 is 0. The molecule has 0 atom stereocenters. The van der Waals surface area contributed by atoms with Gasteiger partial charge in [-0.2, -0.15) is 0 Å². The second kappa shape index (κ2) is 11.9. The number of benzene rings is 8. The van der Waals surface area contributed by atoms with Gasteiger partial charge in [-0.25, -0.2) is 15.0 Å². The van der Waals surface area contributed by atoms with Crippen molar-refractivity contribution in [3.8, 4) is 56.4 Å². The summed E-state index contributed by atoms with van der Waals surface area (Å²) in [5.74, 6) is 1.83. The Kier molecular flexibility index (Phi) is 6.78. The molecule has 0 unspecified atom stereocenters. The first-order valence-corrected chi connectivity index (χ1v) is 17.1. The monoisotopic (exact) mass is 651 g/mol. The number of fused-ring (bicyclic) bond motifs is 5. The van der Waals surface area contributed by atoms with Crippen molar-refractivity contribution < 1.29 is 4.42 Å². The molecule has 0 amide bonds. The summed E-state index contributed by atoms with van der Waals surface area (Å²) in [7, 11) is 0. The molecule has 2 heterocycles. The zero-order chi connectivity index (χ0) is 33.7. The van der Waals surface area contributed by atoms with E-state index in [0.717, 1.165) is 60.5 Å². The smallest absolute Gasteiger partial charge is 0.164 e. The number of rotatable bonds is 5. The Morgan fingerprint density at radius 1 is 0.314 bits per heavy atom. The largest absolute Gasteiger partial charge is 0.456 e. The van der Waals surface area contributed by atoms with Gasteiger partial charge in [-0.15, -0.1) is 0 Å². The van der Waals surface area contributed by atoms with Crippen LogP contribution in [0.2, 0.25) is 0 Å². The number of aromatic nitrogens is 3. The number of furan rings is 1. The summed E-state index contributed by atoms with van der Waals surface area (Å²) in [6.45, 7) is 0. The van der Waals surface area contributed by atoms with Crippen molar-refractivity contribution in [2.24, 2.45) is 0 Å². The molecule has 51 heavy (non-hydrogen) atoms. The van der Waals surface area contributed by atoms with E-state index in [2.05, 4.69) is 152 Å². The predicted octanol–water partition coefficient (Wildman–Crippen LogP) is 12.4. The molecule has 10 rings (SSSR count). The second-order valence-electron chi connectivity index (χ2n) is 12.9. The van der Waals surface area contributed by atoms with Crippen molar-refractivity contribution in [3.63, 3.8) is 0 Å². The van der Waals surface area contributed by atoms with Crippen LogP contribution in [-0.2, 0) is 0 Å². The standard InChI is InChI=1S/C47H29N3O/c1-2-10-30(11-3-1)33-18-20-34(21-19-33)39-28-41(44-40-16-8-9-17-42(40)51-43(44)29-39)47-49-45(37-24-22-31-12-4-6-14-35(31)26-37)48-46(50-47)38-25-23-32-13-5-7-15-36(32)27-38/h1-29H. The van der Waals surface area contributed by atoms with Crippen LogP contribution in [0.15, 0.2) is 180 Å². The Morgan fingerprint density at radius 2 is 0.804 bits per heavy atom. The van der Waals surface area contributed by atoms with E-state index in [1.165, 1.54) is 21.9 Å². The molecule has 238 valence electrons. The lowest BCUT2D eigenvalue weighted by Crippen LogP contribution is -2.01. The zero-order valence-corrected chi connectivity index (χ0v) is 27.5. The molecule has 0 aliphatic carbocycles. The molecule has 2 aromatic heterocycles. The Balaban J connectivity index is 1.21. The first-order valence-electron chi connectivity index (χ1n) is 17.1. The lowest BCUT2D eigenvalue weighted by molar-refractivity contribution is 0.669. The summed E-state index contributed by atoms with van der Waals surface area (Å²) < 4.78 is 6.52. The molecule has 0 aliphatic rings. The van der Waals surface area contributed by atoms with Gasteiger partial charge in [0.25, 0.3) is 0 Å². The van der Waals surface area contributed by atoms with E-state index in [0.29, 0.717) is 17.5 Å². The summed E-state index contributed by atoms with van der Waals surface area (Å²) in [6, 6.07) is 61.1. The highest BCUT2D eigenvalue weighted by molar-refractivity contribution is 6.13. The summed E-state index contributed by atoms with van der Waals surface area (Å²) in [5, 5.41) is 6.61. The van der Waals surface area contributed by atoms with Gasteiger partial charge in [-0.1, -0.05) is 146 Å². The molecule has 4 heteroatoms. The van der Waals surface area contributed by atoms with E-state index in [9.17, 15) is 0 Å². The first-order chi connectivity index (χ1) is 25.2. The van der Waals surface area contributed by atoms with Gasteiger partial charge in [0.2, 0.25) is 0 Å². The molecule has 0 saturated heterocycles. The van der Waals surface area contributed by atoms with Gasteiger partial charge >= 0.3 is 0 Å². The zero-order valence-electron chi connectivity index (χ0n) is 27.5. The number of hydrogen-bond acceptors (Lipinski definition) is 4. The number of para-hydroxylation sites is 1. The topological polar surface area (TPSA) is 51.8 Å². The van der Waals surface area contributed by atoms with Crippen LogP contribution < -0.4 is 0 Å². The second-order valence-corrected chi connectivity index (χ2v) is 12.9. The maximum absolute atomic E-state index is 6.52. The molecular weight excluding hydrogens is 623 g/mol. The molecule has 0 N–H and O–H groups in total. The van der Waals surface area contributed by atoms with E-state index in [1.807, 2.05) is 24.3 Å². The third-order valence-electron chi connectivity index (χ3n) is 9.70. The fourth-order valence-corrected chi connectivity index (χ4v) is 7.09. The van der Waals surface area contributed by atoms with Gasteiger partial charge in [0.05, 0.1) is 0 Å². The normalized spacial score (nSPS) is 11.5. The minimum Gasteiger partial charge on any atom is -0.456 e. The van der Waals surface area contributed by atoms with Crippen LogP contribution >= 0.6 is 0 Å². The molecular formula is C47H29N3O. The lowest BCUT2D eigenvalue weighted by atomic mass is 9.96. The van der Waals surface area contributed by atoms with Crippen LogP contribution in [0.5, 0.6) is 0 Å². The fourth-order valence-electron chi connectivity index (χ4n) is 7.09. The number of nitrogens with zero attached hydrogens (tertiary/aromatic N) is 3. The van der Waals surface area contributed by atoms with Crippen LogP contribution in [0.4, 0.5) is 0 Å².